The fourth-order valence-electron chi connectivity index (χ4n) is 1.70. The van der Waals surface area contributed by atoms with Crippen LogP contribution in [-0.2, 0) is 6.54 Å². The summed E-state index contributed by atoms with van der Waals surface area (Å²) >= 11 is 3.54. The zero-order valence-electron chi connectivity index (χ0n) is 9.73. The highest BCUT2D eigenvalue weighted by atomic mass is 79.9. The quantitative estimate of drug-likeness (QED) is 0.941. The van der Waals surface area contributed by atoms with Gasteiger partial charge in [0.05, 0.1) is 5.69 Å². The molecule has 0 saturated heterocycles. The van der Waals surface area contributed by atoms with E-state index in [0.29, 0.717) is 0 Å². The van der Waals surface area contributed by atoms with Crippen LogP contribution >= 0.6 is 15.9 Å². The largest absolute Gasteiger partial charge is 0.396 e. The molecule has 1 aromatic carbocycles. The molecule has 0 spiro atoms. The van der Waals surface area contributed by atoms with Crippen molar-refractivity contribution in [2.24, 2.45) is 0 Å². The summed E-state index contributed by atoms with van der Waals surface area (Å²) < 4.78 is 2.91. The number of aryl methyl sites for hydroxylation is 2. The monoisotopic (exact) mass is 294 g/mol. The van der Waals surface area contributed by atoms with Crippen molar-refractivity contribution in [2.45, 2.75) is 19.9 Å². The van der Waals surface area contributed by atoms with E-state index < -0.39 is 0 Å². The first kappa shape index (κ1) is 12.3. The summed E-state index contributed by atoms with van der Waals surface area (Å²) in [7, 11) is 0. The average Bonchev–Trinajstić information content (AvgIpc) is 2.78. The molecule has 17 heavy (non-hydrogen) atoms. The SMILES string of the molecule is Cc1ccc(Br)c(-c2ccn(CCCO)n2)c1. The fourth-order valence-corrected chi connectivity index (χ4v) is 2.15. The molecule has 3 nitrogen and oxygen atoms in total. The van der Waals surface area contributed by atoms with Crippen molar-refractivity contribution >= 4 is 15.9 Å². The van der Waals surface area contributed by atoms with E-state index in [4.69, 9.17) is 5.11 Å². The minimum Gasteiger partial charge on any atom is -0.396 e. The van der Waals surface area contributed by atoms with Gasteiger partial charge in [-0.25, -0.2) is 0 Å². The van der Waals surface area contributed by atoms with Crippen LogP contribution in [0.25, 0.3) is 11.3 Å². The van der Waals surface area contributed by atoms with Gasteiger partial charge in [-0.2, -0.15) is 5.10 Å². The summed E-state index contributed by atoms with van der Waals surface area (Å²) in [5.41, 5.74) is 3.28. The molecular formula is C13H15BrN2O. The van der Waals surface area contributed by atoms with Crippen molar-refractivity contribution in [1.82, 2.24) is 9.78 Å². The van der Waals surface area contributed by atoms with E-state index in [9.17, 15) is 0 Å². The Balaban J connectivity index is 2.27. The van der Waals surface area contributed by atoms with Crippen LogP contribution in [0.2, 0.25) is 0 Å². The number of benzene rings is 1. The second-order valence-electron chi connectivity index (χ2n) is 4.02. The number of halogens is 1. The molecule has 0 unspecified atom stereocenters. The molecule has 4 heteroatoms. The Hall–Kier alpha value is -1.13. The molecule has 1 heterocycles. The normalized spacial score (nSPS) is 10.8. The molecule has 0 aliphatic heterocycles. The Morgan fingerprint density at radius 2 is 2.18 bits per heavy atom. The Bertz CT molecular complexity index is 508. The third-order valence-electron chi connectivity index (χ3n) is 2.58. The third kappa shape index (κ3) is 2.96. The van der Waals surface area contributed by atoms with Crippen molar-refractivity contribution in [3.63, 3.8) is 0 Å². The van der Waals surface area contributed by atoms with Gasteiger partial charge in [0, 0.05) is 29.4 Å². The van der Waals surface area contributed by atoms with Gasteiger partial charge in [-0.15, -0.1) is 0 Å². The smallest absolute Gasteiger partial charge is 0.0934 e. The van der Waals surface area contributed by atoms with Crippen molar-refractivity contribution in [3.05, 3.63) is 40.5 Å². The van der Waals surface area contributed by atoms with Crippen LogP contribution < -0.4 is 0 Å². The summed E-state index contributed by atoms with van der Waals surface area (Å²) in [5, 5.41) is 13.3. The number of nitrogens with zero attached hydrogens (tertiary/aromatic N) is 2. The second-order valence-corrected chi connectivity index (χ2v) is 4.88. The number of hydrogen-bond acceptors (Lipinski definition) is 2. The summed E-state index contributed by atoms with van der Waals surface area (Å²) in [6.07, 6.45) is 2.68. The van der Waals surface area contributed by atoms with E-state index in [1.54, 1.807) is 0 Å². The van der Waals surface area contributed by atoms with Gasteiger partial charge in [-0.3, -0.25) is 4.68 Å². The zero-order chi connectivity index (χ0) is 12.3. The predicted molar refractivity (Wildman–Crippen MR) is 71.8 cm³/mol. The van der Waals surface area contributed by atoms with Crippen LogP contribution in [0.3, 0.4) is 0 Å². The van der Waals surface area contributed by atoms with Crippen molar-refractivity contribution in [3.8, 4) is 11.3 Å². The maximum absolute atomic E-state index is 8.78. The summed E-state index contributed by atoms with van der Waals surface area (Å²) in [6, 6.07) is 8.22. The van der Waals surface area contributed by atoms with E-state index in [0.717, 1.165) is 28.7 Å². The minimum atomic E-state index is 0.198. The molecule has 0 bridgehead atoms. The molecule has 0 fully saturated rings. The lowest BCUT2D eigenvalue weighted by atomic mass is 10.1. The number of aromatic nitrogens is 2. The highest BCUT2D eigenvalue weighted by Crippen LogP contribution is 2.27. The van der Waals surface area contributed by atoms with E-state index in [-0.39, 0.29) is 6.61 Å². The maximum atomic E-state index is 8.78. The molecule has 0 aliphatic rings. The summed E-state index contributed by atoms with van der Waals surface area (Å²) in [5.74, 6) is 0. The molecule has 1 aromatic heterocycles. The molecule has 2 rings (SSSR count). The van der Waals surface area contributed by atoms with Crippen LogP contribution in [0, 0.1) is 6.92 Å². The lowest BCUT2D eigenvalue weighted by Gasteiger charge is -2.03. The molecule has 1 N–H and O–H groups in total. The molecule has 0 atom stereocenters. The minimum absolute atomic E-state index is 0.198. The molecule has 0 aliphatic carbocycles. The topological polar surface area (TPSA) is 38.0 Å². The first-order chi connectivity index (χ1) is 8.20. The number of aliphatic hydroxyl groups excluding tert-OH is 1. The molecular weight excluding hydrogens is 280 g/mol. The van der Waals surface area contributed by atoms with E-state index in [2.05, 4.69) is 40.1 Å². The lowest BCUT2D eigenvalue weighted by Crippen LogP contribution is -2.00. The predicted octanol–water partition coefficient (Wildman–Crippen LogP) is 3.00. The molecule has 0 saturated carbocycles. The lowest BCUT2D eigenvalue weighted by molar-refractivity contribution is 0.277. The van der Waals surface area contributed by atoms with E-state index >= 15 is 0 Å². The van der Waals surface area contributed by atoms with Crippen molar-refractivity contribution in [2.75, 3.05) is 6.61 Å². The van der Waals surface area contributed by atoms with Crippen LogP contribution in [0.15, 0.2) is 34.9 Å². The van der Waals surface area contributed by atoms with Crippen molar-refractivity contribution < 1.29 is 5.11 Å². The fraction of sp³-hybridized carbons (Fsp3) is 0.308. The van der Waals surface area contributed by atoms with Crippen LogP contribution in [0.5, 0.6) is 0 Å². The van der Waals surface area contributed by atoms with Crippen LogP contribution in [0.4, 0.5) is 0 Å². The molecule has 0 amide bonds. The summed E-state index contributed by atoms with van der Waals surface area (Å²) in [6.45, 7) is 3.02. The second kappa shape index (κ2) is 5.47. The van der Waals surface area contributed by atoms with Gasteiger partial charge in [-0.05, 0) is 31.5 Å². The summed E-state index contributed by atoms with van der Waals surface area (Å²) in [4.78, 5) is 0. The Labute approximate surface area is 109 Å². The number of hydrogen-bond donors (Lipinski definition) is 1. The number of aliphatic hydroxyl groups is 1. The molecule has 0 radical (unpaired) electrons. The zero-order valence-corrected chi connectivity index (χ0v) is 11.3. The standard InChI is InChI=1S/C13H15BrN2O/c1-10-3-4-12(14)11(9-10)13-5-7-16(15-13)6-2-8-17/h3-5,7,9,17H,2,6,8H2,1H3. The van der Waals surface area contributed by atoms with E-state index in [1.165, 1.54) is 5.56 Å². The van der Waals surface area contributed by atoms with Gasteiger partial charge in [0.2, 0.25) is 0 Å². The highest BCUT2D eigenvalue weighted by molar-refractivity contribution is 9.10. The average molecular weight is 295 g/mol. The maximum Gasteiger partial charge on any atom is 0.0934 e. The van der Waals surface area contributed by atoms with Crippen molar-refractivity contribution in [1.29, 1.82) is 0 Å². The van der Waals surface area contributed by atoms with Gasteiger partial charge in [0.15, 0.2) is 0 Å². The van der Waals surface area contributed by atoms with Gasteiger partial charge < -0.3 is 5.11 Å². The van der Waals surface area contributed by atoms with E-state index in [1.807, 2.05) is 23.0 Å². The third-order valence-corrected chi connectivity index (χ3v) is 3.28. The first-order valence-corrected chi connectivity index (χ1v) is 6.41. The number of rotatable bonds is 4. The Morgan fingerprint density at radius 3 is 2.94 bits per heavy atom. The Morgan fingerprint density at radius 1 is 1.35 bits per heavy atom. The molecule has 2 aromatic rings. The van der Waals surface area contributed by atoms with Gasteiger partial charge in [-0.1, -0.05) is 27.6 Å². The first-order valence-electron chi connectivity index (χ1n) is 5.61. The van der Waals surface area contributed by atoms with Gasteiger partial charge >= 0.3 is 0 Å². The highest BCUT2D eigenvalue weighted by Gasteiger charge is 2.06. The van der Waals surface area contributed by atoms with Gasteiger partial charge in [0.25, 0.3) is 0 Å². The molecule has 90 valence electrons. The Kier molecular flexibility index (Phi) is 3.97. The van der Waals surface area contributed by atoms with Gasteiger partial charge in [0.1, 0.15) is 0 Å². The van der Waals surface area contributed by atoms with Crippen LogP contribution in [0.1, 0.15) is 12.0 Å². The van der Waals surface area contributed by atoms with Crippen LogP contribution in [-0.4, -0.2) is 21.5 Å².